The van der Waals surface area contributed by atoms with Crippen LogP contribution in [0.4, 0.5) is 11.4 Å². The van der Waals surface area contributed by atoms with Gasteiger partial charge in [0.1, 0.15) is 5.75 Å². The number of aliphatic hydroxyl groups excluding tert-OH is 1. The molecule has 0 radical (unpaired) electrons. The average molecular weight is 242 g/mol. The maximum atomic E-state index is 10.6. The van der Waals surface area contributed by atoms with Crippen LogP contribution in [0, 0.1) is 10.1 Å². The topological polar surface area (TPSA) is 105 Å². The minimum atomic E-state index is -1.50. The molecule has 94 valence electrons. The van der Waals surface area contributed by atoms with Crippen LogP contribution in [-0.2, 0) is 0 Å². The van der Waals surface area contributed by atoms with E-state index in [4.69, 9.17) is 14.9 Å². The van der Waals surface area contributed by atoms with Gasteiger partial charge in [-0.05, 0) is 13.0 Å². The summed E-state index contributed by atoms with van der Waals surface area (Å²) in [6.45, 7) is 2.03. The first-order valence-electron chi connectivity index (χ1n) is 5.05. The van der Waals surface area contributed by atoms with E-state index < -0.39 is 11.2 Å². The van der Waals surface area contributed by atoms with Crippen LogP contribution in [0.1, 0.15) is 6.92 Å². The van der Waals surface area contributed by atoms with E-state index in [0.717, 1.165) is 0 Å². The predicted molar refractivity (Wildman–Crippen MR) is 61.0 cm³/mol. The first-order valence-corrected chi connectivity index (χ1v) is 5.05. The Balaban J connectivity index is 2.91. The normalized spacial score (nSPS) is 10.4. The zero-order valence-electron chi connectivity index (χ0n) is 9.29. The lowest BCUT2D eigenvalue weighted by Crippen LogP contribution is -2.18. The number of aliphatic hydroxyl groups is 2. The van der Waals surface area contributed by atoms with Gasteiger partial charge in [0.15, 0.2) is 6.29 Å². The summed E-state index contributed by atoms with van der Waals surface area (Å²) in [5.41, 5.74) is 0.397. The Bertz CT molecular complexity index is 394. The third-order valence-corrected chi connectivity index (χ3v) is 1.95. The van der Waals surface area contributed by atoms with E-state index in [0.29, 0.717) is 18.0 Å². The van der Waals surface area contributed by atoms with Crippen LogP contribution < -0.4 is 10.1 Å². The van der Waals surface area contributed by atoms with Crippen LogP contribution in [0.3, 0.4) is 0 Å². The molecule has 0 spiro atoms. The predicted octanol–water partition coefficient (Wildman–Crippen LogP) is 0.716. The Morgan fingerprint density at radius 1 is 1.53 bits per heavy atom. The molecule has 17 heavy (non-hydrogen) atoms. The van der Waals surface area contributed by atoms with Crippen molar-refractivity contribution in [3.8, 4) is 5.75 Å². The largest absolute Gasteiger partial charge is 0.491 e. The van der Waals surface area contributed by atoms with Crippen molar-refractivity contribution in [2.24, 2.45) is 0 Å². The highest BCUT2D eigenvalue weighted by Gasteiger charge is 2.12. The Labute approximate surface area is 97.8 Å². The van der Waals surface area contributed by atoms with E-state index in [-0.39, 0.29) is 12.2 Å². The van der Waals surface area contributed by atoms with Gasteiger partial charge in [-0.2, -0.15) is 0 Å². The number of benzene rings is 1. The van der Waals surface area contributed by atoms with Gasteiger partial charge >= 0.3 is 0 Å². The molecule has 3 N–H and O–H groups in total. The summed E-state index contributed by atoms with van der Waals surface area (Å²) in [6, 6.07) is 4.07. The van der Waals surface area contributed by atoms with Crippen LogP contribution in [0.5, 0.6) is 5.75 Å². The maximum Gasteiger partial charge on any atom is 0.273 e. The molecule has 0 bridgehead atoms. The Hall–Kier alpha value is -1.86. The van der Waals surface area contributed by atoms with E-state index in [2.05, 4.69) is 5.32 Å². The number of non-ortho nitro benzene ring substituents is 1. The van der Waals surface area contributed by atoms with Gasteiger partial charge in [-0.15, -0.1) is 0 Å². The molecule has 1 aromatic carbocycles. The van der Waals surface area contributed by atoms with Gasteiger partial charge in [0.25, 0.3) is 5.69 Å². The van der Waals surface area contributed by atoms with Gasteiger partial charge in [0, 0.05) is 6.07 Å². The van der Waals surface area contributed by atoms with Crippen molar-refractivity contribution in [2.45, 2.75) is 13.2 Å². The molecular weight excluding hydrogens is 228 g/mol. The van der Waals surface area contributed by atoms with E-state index in [1.807, 2.05) is 0 Å². The third kappa shape index (κ3) is 3.89. The highest BCUT2D eigenvalue weighted by atomic mass is 16.6. The summed E-state index contributed by atoms with van der Waals surface area (Å²) in [7, 11) is 0. The summed E-state index contributed by atoms with van der Waals surface area (Å²) in [4.78, 5) is 10.1. The van der Waals surface area contributed by atoms with Crippen LogP contribution >= 0.6 is 0 Å². The fourth-order valence-electron chi connectivity index (χ4n) is 1.25. The average Bonchev–Trinajstić information content (AvgIpc) is 2.27. The number of rotatable bonds is 6. The van der Waals surface area contributed by atoms with E-state index in [1.54, 1.807) is 6.92 Å². The molecule has 0 atom stereocenters. The molecule has 0 aromatic heterocycles. The number of ether oxygens (including phenoxy) is 1. The molecule has 7 heteroatoms. The fourth-order valence-corrected chi connectivity index (χ4v) is 1.25. The summed E-state index contributed by atoms with van der Waals surface area (Å²) >= 11 is 0. The van der Waals surface area contributed by atoms with Gasteiger partial charge < -0.3 is 20.3 Å². The lowest BCUT2D eigenvalue weighted by molar-refractivity contribution is -0.384. The van der Waals surface area contributed by atoms with Crippen molar-refractivity contribution in [1.29, 1.82) is 0 Å². The molecular formula is C10H14N2O5. The Morgan fingerprint density at radius 3 is 2.76 bits per heavy atom. The highest BCUT2D eigenvalue weighted by Crippen LogP contribution is 2.29. The molecule has 0 fully saturated rings. The smallest absolute Gasteiger partial charge is 0.273 e. The van der Waals surface area contributed by atoms with Crippen molar-refractivity contribution in [3.05, 3.63) is 28.3 Å². The van der Waals surface area contributed by atoms with Crippen LogP contribution in [-0.4, -0.2) is 34.6 Å². The number of anilines is 1. The molecule has 0 unspecified atom stereocenters. The molecule has 1 rings (SSSR count). The van der Waals surface area contributed by atoms with Crippen molar-refractivity contribution in [1.82, 2.24) is 0 Å². The summed E-state index contributed by atoms with van der Waals surface area (Å²) in [5.74, 6) is 0.308. The van der Waals surface area contributed by atoms with Crippen LogP contribution in [0.25, 0.3) is 0 Å². The summed E-state index contributed by atoms with van der Waals surface area (Å²) < 4.78 is 5.23. The second-order valence-electron chi connectivity index (χ2n) is 3.23. The first-order chi connectivity index (χ1) is 8.04. The second kappa shape index (κ2) is 6.02. The zero-order chi connectivity index (χ0) is 12.8. The minimum absolute atomic E-state index is 0.0800. The standard InChI is InChI=1S/C10H14N2O5/c1-2-17-9-5-7(12(15)16)3-4-8(9)11-6-10(13)14/h3-5,10-11,13-14H,2,6H2,1H3. The van der Waals surface area contributed by atoms with Gasteiger partial charge in [-0.3, -0.25) is 10.1 Å². The Kier molecular flexibility index (Phi) is 4.68. The zero-order valence-corrected chi connectivity index (χ0v) is 9.29. The Morgan fingerprint density at radius 2 is 2.24 bits per heavy atom. The quantitative estimate of drug-likeness (QED) is 0.385. The lowest BCUT2D eigenvalue weighted by atomic mass is 10.2. The number of hydrogen-bond donors (Lipinski definition) is 3. The minimum Gasteiger partial charge on any atom is -0.491 e. The molecule has 0 aliphatic rings. The molecule has 0 heterocycles. The molecule has 0 saturated carbocycles. The maximum absolute atomic E-state index is 10.6. The number of nitrogens with one attached hydrogen (secondary N) is 1. The van der Waals surface area contributed by atoms with Crippen molar-refractivity contribution >= 4 is 11.4 Å². The van der Waals surface area contributed by atoms with Crippen molar-refractivity contribution in [2.75, 3.05) is 18.5 Å². The molecule has 0 aliphatic heterocycles. The molecule has 0 amide bonds. The second-order valence-corrected chi connectivity index (χ2v) is 3.23. The van der Waals surface area contributed by atoms with E-state index >= 15 is 0 Å². The summed E-state index contributed by atoms with van der Waals surface area (Å²) in [5, 5.41) is 30.7. The molecule has 0 saturated heterocycles. The van der Waals surface area contributed by atoms with Crippen molar-refractivity contribution in [3.63, 3.8) is 0 Å². The fraction of sp³-hybridized carbons (Fsp3) is 0.400. The molecule has 1 aromatic rings. The van der Waals surface area contributed by atoms with Gasteiger partial charge in [0.05, 0.1) is 29.8 Å². The highest BCUT2D eigenvalue weighted by molar-refractivity contribution is 5.60. The van der Waals surface area contributed by atoms with Gasteiger partial charge in [-0.1, -0.05) is 0 Å². The van der Waals surface area contributed by atoms with Crippen LogP contribution in [0.2, 0.25) is 0 Å². The number of nitro groups is 1. The third-order valence-electron chi connectivity index (χ3n) is 1.95. The van der Waals surface area contributed by atoms with Gasteiger partial charge in [-0.25, -0.2) is 0 Å². The van der Waals surface area contributed by atoms with E-state index in [9.17, 15) is 10.1 Å². The number of nitro benzene ring substituents is 1. The van der Waals surface area contributed by atoms with Crippen molar-refractivity contribution < 1.29 is 19.9 Å². The lowest BCUT2D eigenvalue weighted by Gasteiger charge is -2.12. The van der Waals surface area contributed by atoms with E-state index in [1.165, 1.54) is 18.2 Å². The SMILES string of the molecule is CCOc1cc([N+](=O)[O-])ccc1NCC(O)O. The summed E-state index contributed by atoms with van der Waals surface area (Å²) in [6.07, 6.45) is -1.50. The first kappa shape index (κ1) is 13.2. The van der Waals surface area contributed by atoms with Crippen LogP contribution in [0.15, 0.2) is 18.2 Å². The number of hydrogen-bond acceptors (Lipinski definition) is 6. The number of nitrogens with zero attached hydrogens (tertiary/aromatic N) is 1. The molecule has 7 nitrogen and oxygen atoms in total. The van der Waals surface area contributed by atoms with Gasteiger partial charge in [0.2, 0.25) is 0 Å². The monoisotopic (exact) mass is 242 g/mol. The molecule has 0 aliphatic carbocycles.